The van der Waals surface area contributed by atoms with Crippen molar-refractivity contribution in [2.24, 2.45) is 0 Å². The molecule has 6 rings (SSSR count). The van der Waals surface area contributed by atoms with E-state index in [4.69, 9.17) is 20.7 Å². The molecule has 2 aromatic carbocycles. The van der Waals surface area contributed by atoms with E-state index in [1.807, 2.05) is 60.7 Å². The SMILES string of the molecule is C#Cc1ccc2c(c1)N1NNC(COCc3ccccc3)=C1Cc1c(-c3cc(C)on3)ncn1-2. The molecule has 0 unspecified atom stereocenters. The molecule has 0 spiro atoms. The minimum Gasteiger partial charge on any atom is -0.370 e. The number of ether oxygens (including phenoxy) is 1. The molecule has 0 radical (unpaired) electrons. The van der Waals surface area contributed by atoms with E-state index < -0.39 is 0 Å². The van der Waals surface area contributed by atoms with Crippen LogP contribution in [0.25, 0.3) is 17.1 Å². The van der Waals surface area contributed by atoms with Crippen molar-refractivity contribution in [3.8, 4) is 29.4 Å². The van der Waals surface area contributed by atoms with Crippen LogP contribution in [-0.2, 0) is 17.8 Å². The molecule has 4 aromatic rings. The third-order valence-corrected chi connectivity index (χ3v) is 6.01. The van der Waals surface area contributed by atoms with E-state index in [0.29, 0.717) is 25.3 Å². The topological polar surface area (TPSA) is 80.4 Å². The average molecular weight is 451 g/mol. The number of nitrogens with one attached hydrogen (secondary N) is 2. The van der Waals surface area contributed by atoms with Crippen LogP contribution >= 0.6 is 0 Å². The van der Waals surface area contributed by atoms with E-state index in [-0.39, 0.29) is 0 Å². The summed E-state index contributed by atoms with van der Waals surface area (Å²) in [6.45, 7) is 2.82. The van der Waals surface area contributed by atoms with E-state index in [9.17, 15) is 0 Å². The molecule has 168 valence electrons. The Balaban J connectivity index is 1.42. The van der Waals surface area contributed by atoms with Gasteiger partial charge in [0.05, 0.1) is 41.7 Å². The lowest BCUT2D eigenvalue weighted by Crippen LogP contribution is -2.38. The minimum atomic E-state index is 0.421. The highest BCUT2D eigenvalue weighted by Gasteiger charge is 2.32. The monoisotopic (exact) mass is 450 g/mol. The number of hydrogen-bond donors (Lipinski definition) is 2. The van der Waals surface area contributed by atoms with E-state index in [2.05, 4.69) is 38.7 Å². The van der Waals surface area contributed by atoms with Crippen molar-refractivity contribution >= 4 is 5.69 Å². The first kappa shape index (κ1) is 20.3. The van der Waals surface area contributed by atoms with E-state index in [0.717, 1.165) is 51.0 Å². The van der Waals surface area contributed by atoms with Crippen molar-refractivity contribution in [3.05, 3.63) is 94.9 Å². The molecule has 0 aliphatic carbocycles. The Morgan fingerprint density at radius 2 is 2.00 bits per heavy atom. The minimum absolute atomic E-state index is 0.421. The van der Waals surface area contributed by atoms with Crippen molar-refractivity contribution < 1.29 is 9.26 Å². The number of benzene rings is 2. The summed E-state index contributed by atoms with van der Waals surface area (Å²) >= 11 is 0. The second-order valence-electron chi connectivity index (χ2n) is 8.23. The van der Waals surface area contributed by atoms with Gasteiger partial charge in [-0.15, -0.1) is 12.0 Å². The Kier molecular flexibility index (Phi) is 4.91. The molecule has 0 atom stereocenters. The summed E-state index contributed by atoms with van der Waals surface area (Å²) in [5.41, 5.74) is 14.9. The van der Waals surface area contributed by atoms with Crippen molar-refractivity contribution in [1.29, 1.82) is 0 Å². The predicted molar refractivity (Wildman–Crippen MR) is 127 cm³/mol. The fourth-order valence-electron chi connectivity index (χ4n) is 4.35. The molecule has 0 saturated carbocycles. The molecule has 2 aromatic heterocycles. The van der Waals surface area contributed by atoms with Crippen LogP contribution in [-0.4, -0.2) is 21.3 Å². The molecule has 0 fully saturated rings. The zero-order valence-electron chi connectivity index (χ0n) is 18.6. The van der Waals surface area contributed by atoms with Gasteiger partial charge in [-0.25, -0.2) is 4.98 Å². The standard InChI is InChI=1S/C26H22N6O2/c1-3-18-9-10-22-24(12-18)32-23(21(28-30-32)15-33-14-19-7-5-4-6-8-19)13-25-26(27-16-31(22)25)20-11-17(2)34-29-20/h1,4-12,16,28,30H,13-15H2,2H3. The third-order valence-electron chi connectivity index (χ3n) is 6.01. The van der Waals surface area contributed by atoms with Crippen LogP contribution in [0.5, 0.6) is 0 Å². The number of aryl methyl sites for hydroxylation is 1. The van der Waals surface area contributed by atoms with Crippen LogP contribution in [0.3, 0.4) is 0 Å². The summed E-state index contributed by atoms with van der Waals surface area (Å²) in [6.07, 6.45) is 8.14. The number of terminal acetylenes is 1. The summed E-state index contributed by atoms with van der Waals surface area (Å²) in [5, 5.41) is 6.24. The fourth-order valence-corrected chi connectivity index (χ4v) is 4.35. The molecular weight excluding hydrogens is 428 g/mol. The van der Waals surface area contributed by atoms with Crippen molar-refractivity contribution in [3.63, 3.8) is 0 Å². The van der Waals surface area contributed by atoms with Gasteiger partial charge in [0.1, 0.15) is 23.5 Å². The molecule has 2 aliphatic rings. The molecule has 0 bridgehead atoms. The van der Waals surface area contributed by atoms with Crippen LogP contribution in [0, 0.1) is 19.3 Å². The van der Waals surface area contributed by atoms with E-state index >= 15 is 0 Å². The van der Waals surface area contributed by atoms with Crippen LogP contribution in [0.15, 0.2) is 76.8 Å². The van der Waals surface area contributed by atoms with E-state index in [1.54, 1.807) is 0 Å². The maximum absolute atomic E-state index is 6.04. The number of allylic oxidation sites excluding steroid dienone is 1. The lowest BCUT2D eigenvalue weighted by molar-refractivity contribution is 0.138. The number of imidazole rings is 1. The molecule has 8 heteroatoms. The van der Waals surface area contributed by atoms with Crippen molar-refractivity contribution in [2.45, 2.75) is 20.0 Å². The number of aromatic nitrogens is 3. The molecule has 0 amide bonds. The lowest BCUT2D eigenvalue weighted by atomic mass is 10.1. The summed E-state index contributed by atoms with van der Waals surface area (Å²) in [6, 6.07) is 18.0. The molecule has 0 saturated heterocycles. The molecule has 2 aliphatic heterocycles. The lowest BCUT2D eigenvalue weighted by Gasteiger charge is -2.21. The fraction of sp³-hybridized carbons (Fsp3) is 0.154. The first-order valence-electron chi connectivity index (χ1n) is 11.0. The van der Waals surface area contributed by atoms with Gasteiger partial charge in [-0.1, -0.05) is 41.4 Å². The third kappa shape index (κ3) is 3.44. The number of fused-ring (bicyclic) bond motifs is 5. The van der Waals surface area contributed by atoms with Gasteiger partial charge in [0.15, 0.2) is 0 Å². The highest BCUT2D eigenvalue weighted by molar-refractivity contribution is 5.73. The molecule has 34 heavy (non-hydrogen) atoms. The first-order chi connectivity index (χ1) is 16.7. The molecule has 4 heterocycles. The summed E-state index contributed by atoms with van der Waals surface area (Å²) in [7, 11) is 0. The Morgan fingerprint density at radius 1 is 1.12 bits per heavy atom. The average Bonchev–Trinajstić information content (AvgIpc) is 3.57. The van der Waals surface area contributed by atoms with Gasteiger partial charge >= 0.3 is 0 Å². The summed E-state index contributed by atoms with van der Waals surface area (Å²) in [5.74, 6) is 3.48. The maximum atomic E-state index is 6.04. The summed E-state index contributed by atoms with van der Waals surface area (Å²) < 4.78 is 13.5. The van der Waals surface area contributed by atoms with Crippen molar-refractivity contribution in [1.82, 2.24) is 25.7 Å². The highest BCUT2D eigenvalue weighted by atomic mass is 16.5. The second-order valence-corrected chi connectivity index (χ2v) is 8.23. The van der Waals surface area contributed by atoms with Crippen LogP contribution in [0.4, 0.5) is 5.69 Å². The number of hydrogen-bond acceptors (Lipinski definition) is 7. The maximum Gasteiger partial charge on any atom is 0.134 e. The molecular formula is C26H22N6O2. The second kappa shape index (κ2) is 8.23. The van der Waals surface area contributed by atoms with Crippen LogP contribution < -0.4 is 16.0 Å². The Morgan fingerprint density at radius 3 is 2.79 bits per heavy atom. The summed E-state index contributed by atoms with van der Waals surface area (Å²) in [4.78, 5) is 4.69. The predicted octanol–water partition coefficient (Wildman–Crippen LogP) is 3.63. The van der Waals surface area contributed by atoms with Gasteiger partial charge in [-0.2, -0.15) is 0 Å². The smallest absolute Gasteiger partial charge is 0.134 e. The number of nitrogens with zero attached hydrogens (tertiary/aromatic N) is 4. The van der Waals surface area contributed by atoms with Crippen LogP contribution in [0.2, 0.25) is 0 Å². The number of rotatable bonds is 5. The largest absolute Gasteiger partial charge is 0.370 e. The Bertz CT molecular complexity index is 1440. The van der Waals surface area contributed by atoms with Gasteiger partial charge in [-0.3, -0.25) is 9.58 Å². The highest BCUT2D eigenvalue weighted by Crippen LogP contribution is 2.38. The van der Waals surface area contributed by atoms with E-state index in [1.165, 1.54) is 0 Å². The van der Waals surface area contributed by atoms with Crippen molar-refractivity contribution in [2.75, 3.05) is 11.6 Å². The number of anilines is 1. The van der Waals surface area contributed by atoms with Gasteiger partial charge < -0.3 is 14.7 Å². The Hall–Kier alpha value is -4.32. The quantitative estimate of drug-likeness (QED) is 0.450. The normalized spacial score (nSPS) is 14.2. The van der Waals surface area contributed by atoms with Gasteiger partial charge in [0.2, 0.25) is 0 Å². The zero-order chi connectivity index (χ0) is 23.1. The Labute approximate surface area is 196 Å². The molecule has 2 N–H and O–H groups in total. The van der Waals surface area contributed by atoms with Gasteiger partial charge in [0, 0.05) is 18.1 Å². The van der Waals surface area contributed by atoms with Gasteiger partial charge in [0.25, 0.3) is 0 Å². The number of hydrazine groups is 2. The first-order valence-corrected chi connectivity index (χ1v) is 11.0. The van der Waals surface area contributed by atoms with Gasteiger partial charge in [-0.05, 0) is 30.7 Å². The molecule has 8 nitrogen and oxygen atoms in total. The van der Waals surface area contributed by atoms with Crippen LogP contribution in [0.1, 0.15) is 22.6 Å². The zero-order valence-corrected chi connectivity index (χ0v) is 18.6.